The molecule has 1 aromatic carbocycles. The Balaban J connectivity index is 1.74. The van der Waals surface area contributed by atoms with Crippen molar-refractivity contribution in [2.75, 3.05) is 13.2 Å². The number of rotatable bonds is 7. The van der Waals surface area contributed by atoms with Crippen molar-refractivity contribution in [1.29, 1.82) is 0 Å². The van der Waals surface area contributed by atoms with Gasteiger partial charge in [0.05, 0.1) is 0 Å². The Morgan fingerprint density at radius 3 is 2.60 bits per heavy atom. The molecule has 0 atom stereocenters. The number of hydrogen-bond acceptors (Lipinski definition) is 5. The average molecular weight is 350 g/mol. The van der Waals surface area contributed by atoms with Gasteiger partial charge in [0.2, 0.25) is 0 Å². The van der Waals surface area contributed by atoms with E-state index in [1.165, 1.54) is 18.2 Å². The van der Waals surface area contributed by atoms with E-state index in [0.717, 1.165) is 11.0 Å². The number of nitrogens with one attached hydrogen (secondary N) is 1. The lowest BCUT2D eigenvalue weighted by Crippen LogP contribution is -2.40. The second-order valence-corrected chi connectivity index (χ2v) is 6.21. The molecule has 0 bridgehead atoms. The van der Waals surface area contributed by atoms with Crippen LogP contribution in [0.2, 0.25) is 0 Å². The normalized spacial score (nSPS) is 15.9. The van der Waals surface area contributed by atoms with Gasteiger partial charge in [-0.3, -0.25) is 19.3 Å². The number of esters is 1. The van der Waals surface area contributed by atoms with Crippen molar-refractivity contribution in [2.45, 2.75) is 32.2 Å². The maximum atomic E-state index is 13.0. The molecule has 1 aliphatic heterocycles. The second kappa shape index (κ2) is 7.42. The van der Waals surface area contributed by atoms with E-state index in [2.05, 4.69) is 5.32 Å². The maximum absolute atomic E-state index is 13.0. The van der Waals surface area contributed by atoms with Crippen LogP contribution >= 0.6 is 0 Å². The molecule has 1 N–H and O–H groups in total. The van der Waals surface area contributed by atoms with Gasteiger partial charge in [-0.05, 0) is 32.4 Å². The molecule has 0 aromatic heterocycles. The Morgan fingerprint density at radius 1 is 1.28 bits per heavy atom. The summed E-state index contributed by atoms with van der Waals surface area (Å²) in [6.45, 7) is 2.79. The van der Waals surface area contributed by atoms with E-state index in [1.54, 1.807) is 13.8 Å². The van der Waals surface area contributed by atoms with E-state index >= 15 is 0 Å². The number of Topliss-reactive ketones (excluding diaryl/α,β-unsaturated/α-hetero) is 1. The number of ketones is 1. The highest BCUT2D eigenvalue weighted by molar-refractivity contribution is 6.06. The fourth-order valence-electron chi connectivity index (χ4n) is 2.37. The largest absolute Gasteiger partial charge is 0.457 e. The molecule has 1 fully saturated rings. The summed E-state index contributed by atoms with van der Waals surface area (Å²) >= 11 is 0. The van der Waals surface area contributed by atoms with E-state index in [9.17, 15) is 23.6 Å². The van der Waals surface area contributed by atoms with Gasteiger partial charge < -0.3 is 10.1 Å². The first-order valence-electron chi connectivity index (χ1n) is 7.79. The van der Waals surface area contributed by atoms with Crippen LogP contribution in [0.4, 0.5) is 9.18 Å². The summed E-state index contributed by atoms with van der Waals surface area (Å²) in [5, 5.41) is 2.54. The van der Waals surface area contributed by atoms with Crippen molar-refractivity contribution in [2.24, 2.45) is 0 Å². The van der Waals surface area contributed by atoms with Crippen LogP contribution in [-0.4, -0.2) is 47.3 Å². The first-order valence-corrected chi connectivity index (χ1v) is 7.79. The van der Waals surface area contributed by atoms with Crippen LogP contribution in [0.3, 0.4) is 0 Å². The third-order valence-electron chi connectivity index (χ3n) is 3.72. The Morgan fingerprint density at radius 2 is 2.00 bits per heavy atom. The summed E-state index contributed by atoms with van der Waals surface area (Å²) in [5.74, 6) is -2.04. The lowest BCUT2D eigenvalue weighted by Gasteiger charge is -2.15. The minimum atomic E-state index is -0.949. The van der Waals surface area contributed by atoms with E-state index < -0.39 is 35.7 Å². The van der Waals surface area contributed by atoms with Gasteiger partial charge >= 0.3 is 12.0 Å². The van der Waals surface area contributed by atoms with Crippen molar-refractivity contribution in [1.82, 2.24) is 10.2 Å². The van der Waals surface area contributed by atoms with Crippen LogP contribution in [0.5, 0.6) is 0 Å². The van der Waals surface area contributed by atoms with Gasteiger partial charge in [-0.2, -0.15) is 0 Å². The third kappa shape index (κ3) is 4.62. The highest BCUT2D eigenvalue weighted by Gasteiger charge is 2.43. The Labute approximate surface area is 144 Å². The average Bonchev–Trinajstić information content (AvgIpc) is 2.74. The molecule has 0 unspecified atom stereocenters. The Hall–Kier alpha value is -2.77. The summed E-state index contributed by atoms with van der Waals surface area (Å²) in [6.07, 6.45) is 0.177. The van der Waals surface area contributed by atoms with Crippen molar-refractivity contribution in [3.63, 3.8) is 0 Å². The summed E-state index contributed by atoms with van der Waals surface area (Å²) in [7, 11) is 0. The molecule has 134 valence electrons. The van der Waals surface area contributed by atoms with Crippen molar-refractivity contribution >= 4 is 23.7 Å². The molecule has 0 aliphatic carbocycles. The third-order valence-corrected chi connectivity index (χ3v) is 3.72. The molecular formula is C17H19FN2O5. The van der Waals surface area contributed by atoms with Gasteiger partial charge in [-0.1, -0.05) is 12.1 Å². The van der Waals surface area contributed by atoms with Gasteiger partial charge in [0.1, 0.15) is 11.4 Å². The summed E-state index contributed by atoms with van der Waals surface area (Å²) in [4.78, 5) is 48.1. The standard InChI is InChI=1S/C17H19FN2O5/c1-17(2)15(23)20(16(24)19-17)8-4-7-14(22)25-10-13(21)11-5-3-6-12(18)9-11/h3,5-6,9H,4,7-8,10H2,1-2H3,(H,19,24). The van der Waals surface area contributed by atoms with Gasteiger partial charge in [0.15, 0.2) is 12.4 Å². The van der Waals surface area contributed by atoms with E-state index in [4.69, 9.17) is 4.74 Å². The Bertz CT molecular complexity index is 717. The number of nitrogens with zero attached hydrogens (tertiary/aromatic N) is 1. The second-order valence-electron chi connectivity index (χ2n) is 6.21. The first-order chi connectivity index (χ1) is 11.7. The molecule has 7 nitrogen and oxygen atoms in total. The van der Waals surface area contributed by atoms with Crippen LogP contribution in [-0.2, 0) is 14.3 Å². The van der Waals surface area contributed by atoms with E-state index in [0.29, 0.717) is 0 Å². The summed E-state index contributed by atoms with van der Waals surface area (Å²) in [5.41, 5.74) is -0.830. The number of halogens is 1. The molecule has 1 aliphatic rings. The highest BCUT2D eigenvalue weighted by Crippen LogP contribution is 2.17. The maximum Gasteiger partial charge on any atom is 0.325 e. The number of carbonyl (C=O) groups excluding carboxylic acids is 4. The zero-order valence-electron chi connectivity index (χ0n) is 14.0. The predicted molar refractivity (Wildman–Crippen MR) is 85.2 cm³/mol. The first kappa shape index (κ1) is 18.6. The molecule has 1 saturated heterocycles. The molecular weight excluding hydrogens is 331 g/mol. The van der Waals surface area contributed by atoms with Crippen molar-refractivity contribution < 1.29 is 28.3 Å². The number of amides is 3. The van der Waals surface area contributed by atoms with Gasteiger partial charge in [0, 0.05) is 18.5 Å². The molecule has 1 heterocycles. The Kier molecular flexibility index (Phi) is 5.51. The number of urea groups is 1. The number of imide groups is 1. The van der Waals surface area contributed by atoms with Crippen LogP contribution < -0.4 is 5.32 Å². The number of carbonyl (C=O) groups is 4. The topological polar surface area (TPSA) is 92.8 Å². The van der Waals surface area contributed by atoms with Crippen LogP contribution in [0.15, 0.2) is 24.3 Å². The van der Waals surface area contributed by atoms with Gasteiger partial charge in [-0.25, -0.2) is 9.18 Å². The molecule has 25 heavy (non-hydrogen) atoms. The SMILES string of the molecule is CC1(C)NC(=O)N(CCCC(=O)OCC(=O)c2cccc(F)c2)C1=O. The minimum Gasteiger partial charge on any atom is -0.457 e. The van der Waals surface area contributed by atoms with Crippen molar-refractivity contribution in [3.8, 4) is 0 Å². The zero-order chi connectivity index (χ0) is 18.6. The van der Waals surface area contributed by atoms with Crippen molar-refractivity contribution in [3.05, 3.63) is 35.6 Å². The molecule has 1 aromatic rings. The van der Waals surface area contributed by atoms with E-state index in [1.807, 2.05) is 0 Å². The molecule has 0 radical (unpaired) electrons. The van der Waals surface area contributed by atoms with Crippen LogP contribution in [0, 0.1) is 5.82 Å². The monoisotopic (exact) mass is 350 g/mol. The van der Waals surface area contributed by atoms with E-state index in [-0.39, 0.29) is 30.9 Å². The van der Waals surface area contributed by atoms with Crippen LogP contribution in [0.1, 0.15) is 37.0 Å². The fourth-order valence-corrected chi connectivity index (χ4v) is 2.37. The highest BCUT2D eigenvalue weighted by atomic mass is 19.1. The smallest absolute Gasteiger partial charge is 0.325 e. The zero-order valence-corrected chi connectivity index (χ0v) is 14.0. The molecule has 2 rings (SSSR count). The quantitative estimate of drug-likeness (QED) is 0.459. The lowest BCUT2D eigenvalue weighted by atomic mass is 10.1. The minimum absolute atomic E-state index is 0.0477. The molecule has 0 saturated carbocycles. The fraction of sp³-hybridized carbons (Fsp3) is 0.412. The van der Waals surface area contributed by atoms with Gasteiger partial charge in [0.25, 0.3) is 5.91 Å². The number of hydrogen-bond donors (Lipinski definition) is 1. The van der Waals surface area contributed by atoms with Gasteiger partial charge in [-0.15, -0.1) is 0 Å². The predicted octanol–water partition coefficient (Wildman–Crippen LogP) is 1.66. The lowest BCUT2D eigenvalue weighted by molar-refractivity contribution is -0.143. The number of benzene rings is 1. The number of ether oxygens (including phenoxy) is 1. The summed E-state index contributed by atoms with van der Waals surface area (Å²) < 4.78 is 17.9. The molecule has 3 amide bonds. The summed E-state index contributed by atoms with van der Waals surface area (Å²) in [6, 6.07) is 4.60. The molecule has 8 heteroatoms. The molecule has 0 spiro atoms. The van der Waals surface area contributed by atoms with Crippen LogP contribution in [0.25, 0.3) is 0 Å².